The average molecular weight is 322 g/mol. The van der Waals surface area contributed by atoms with E-state index < -0.39 is 0 Å². The van der Waals surface area contributed by atoms with E-state index in [1.165, 1.54) is 11.1 Å². The molecule has 4 nitrogen and oxygen atoms in total. The third kappa shape index (κ3) is 2.98. The molecule has 2 heterocycles. The second kappa shape index (κ2) is 5.75. The molecule has 0 amide bonds. The molecule has 0 saturated carbocycles. The fraction of sp³-hybridized carbons (Fsp3) is 0.357. The van der Waals surface area contributed by atoms with E-state index >= 15 is 0 Å². The standard InChI is InChI=1S/C14H16BrN3O/c15-13-8-11-2-7-19-14(11)12(9-13)10-16-4-6-18-5-1-3-17-18/h1,3,5,8-9,16H,2,4,6-7,10H2. The van der Waals surface area contributed by atoms with Crippen molar-refractivity contribution in [2.45, 2.75) is 19.5 Å². The summed E-state index contributed by atoms with van der Waals surface area (Å²) in [5.74, 6) is 1.06. The Bertz CT molecular complexity index is 554. The molecule has 0 radical (unpaired) electrons. The summed E-state index contributed by atoms with van der Waals surface area (Å²) in [5, 5.41) is 7.61. The molecule has 2 aromatic rings. The van der Waals surface area contributed by atoms with Crippen LogP contribution < -0.4 is 10.1 Å². The van der Waals surface area contributed by atoms with Crippen molar-refractivity contribution < 1.29 is 4.74 Å². The molecule has 0 fully saturated rings. The summed E-state index contributed by atoms with van der Waals surface area (Å²) in [7, 11) is 0. The Kier molecular flexibility index (Phi) is 3.84. The summed E-state index contributed by atoms with van der Waals surface area (Å²) in [6, 6.07) is 6.22. The number of fused-ring (bicyclic) bond motifs is 1. The predicted molar refractivity (Wildman–Crippen MR) is 77.3 cm³/mol. The van der Waals surface area contributed by atoms with E-state index in [1.807, 2.05) is 16.9 Å². The molecule has 1 aliphatic rings. The monoisotopic (exact) mass is 321 g/mol. The Balaban J connectivity index is 1.58. The van der Waals surface area contributed by atoms with Crippen LogP contribution in [0.4, 0.5) is 0 Å². The van der Waals surface area contributed by atoms with Gasteiger partial charge in [0, 0.05) is 41.9 Å². The minimum Gasteiger partial charge on any atom is -0.493 e. The van der Waals surface area contributed by atoms with Gasteiger partial charge in [-0.3, -0.25) is 4.68 Å². The SMILES string of the molecule is Brc1cc2c(c(CNCCn3cccn3)c1)OCC2. The Morgan fingerprint density at radius 2 is 2.37 bits per heavy atom. The normalized spacial score (nSPS) is 13.3. The van der Waals surface area contributed by atoms with E-state index in [4.69, 9.17) is 4.74 Å². The number of rotatable bonds is 5. The number of hydrogen-bond donors (Lipinski definition) is 1. The maximum Gasteiger partial charge on any atom is 0.127 e. The minimum absolute atomic E-state index is 0.798. The topological polar surface area (TPSA) is 39.1 Å². The van der Waals surface area contributed by atoms with Gasteiger partial charge in [0.05, 0.1) is 13.2 Å². The Hall–Kier alpha value is -1.33. The molecule has 0 unspecified atom stereocenters. The van der Waals surface area contributed by atoms with E-state index in [0.717, 1.165) is 42.9 Å². The third-order valence-corrected chi connectivity index (χ3v) is 3.68. The molecular weight excluding hydrogens is 306 g/mol. The highest BCUT2D eigenvalue weighted by Gasteiger charge is 2.16. The van der Waals surface area contributed by atoms with Crippen molar-refractivity contribution in [1.29, 1.82) is 0 Å². The van der Waals surface area contributed by atoms with Crippen LogP contribution in [-0.2, 0) is 19.5 Å². The molecule has 1 N–H and O–H groups in total. The molecule has 1 aromatic carbocycles. The summed E-state index contributed by atoms with van der Waals surface area (Å²) >= 11 is 3.56. The van der Waals surface area contributed by atoms with Crippen molar-refractivity contribution in [3.63, 3.8) is 0 Å². The quantitative estimate of drug-likeness (QED) is 0.859. The predicted octanol–water partition coefficient (Wildman–Crippen LogP) is 2.37. The first-order chi connectivity index (χ1) is 9.33. The van der Waals surface area contributed by atoms with Crippen LogP contribution in [0.15, 0.2) is 35.1 Å². The molecule has 0 aliphatic carbocycles. The number of aromatic nitrogens is 2. The van der Waals surface area contributed by atoms with E-state index in [2.05, 4.69) is 38.5 Å². The van der Waals surface area contributed by atoms with E-state index in [0.29, 0.717) is 0 Å². The van der Waals surface area contributed by atoms with Gasteiger partial charge in [0.2, 0.25) is 0 Å². The summed E-state index contributed by atoms with van der Waals surface area (Å²) in [6.07, 6.45) is 4.78. The minimum atomic E-state index is 0.798. The Labute approximate surface area is 120 Å². The van der Waals surface area contributed by atoms with Gasteiger partial charge in [-0.15, -0.1) is 0 Å². The lowest BCUT2D eigenvalue weighted by Gasteiger charge is -2.10. The molecule has 3 rings (SSSR count). The lowest BCUT2D eigenvalue weighted by molar-refractivity contribution is 0.352. The van der Waals surface area contributed by atoms with Crippen molar-refractivity contribution in [3.05, 3.63) is 46.2 Å². The molecule has 0 spiro atoms. The van der Waals surface area contributed by atoms with Crippen molar-refractivity contribution >= 4 is 15.9 Å². The third-order valence-electron chi connectivity index (χ3n) is 3.22. The molecule has 1 aliphatic heterocycles. The number of hydrogen-bond acceptors (Lipinski definition) is 3. The zero-order valence-corrected chi connectivity index (χ0v) is 12.2. The number of benzene rings is 1. The lowest BCUT2D eigenvalue weighted by atomic mass is 10.1. The zero-order valence-electron chi connectivity index (χ0n) is 10.6. The molecule has 1 aromatic heterocycles. The van der Waals surface area contributed by atoms with Crippen LogP contribution in [0, 0.1) is 0 Å². The highest BCUT2D eigenvalue weighted by molar-refractivity contribution is 9.10. The molecular formula is C14H16BrN3O. The summed E-state index contributed by atoms with van der Waals surface area (Å²) in [5.41, 5.74) is 2.53. The van der Waals surface area contributed by atoms with Crippen molar-refractivity contribution in [1.82, 2.24) is 15.1 Å². The number of halogens is 1. The van der Waals surface area contributed by atoms with Crippen molar-refractivity contribution in [3.8, 4) is 5.75 Å². The molecule has 0 bridgehead atoms. The largest absolute Gasteiger partial charge is 0.493 e. The van der Waals surface area contributed by atoms with E-state index in [-0.39, 0.29) is 0 Å². The molecule has 19 heavy (non-hydrogen) atoms. The Morgan fingerprint density at radius 3 is 3.21 bits per heavy atom. The van der Waals surface area contributed by atoms with Crippen LogP contribution >= 0.6 is 15.9 Å². The van der Waals surface area contributed by atoms with Crippen molar-refractivity contribution in [2.24, 2.45) is 0 Å². The van der Waals surface area contributed by atoms with Crippen LogP contribution in [0.5, 0.6) is 5.75 Å². The molecule has 0 saturated heterocycles. The van der Waals surface area contributed by atoms with Gasteiger partial charge in [-0.05, 0) is 23.8 Å². The van der Waals surface area contributed by atoms with Gasteiger partial charge in [-0.1, -0.05) is 15.9 Å². The first kappa shape index (κ1) is 12.7. The second-order valence-corrected chi connectivity index (χ2v) is 5.51. The number of nitrogens with zero attached hydrogens (tertiary/aromatic N) is 2. The van der Waals surface area contributed by atoms with E-state index in [1.54, 1.807) is 6.20 Å². The van der Waals surface area contributed by atoms with Gasteiger partial charge >= 0.3 is 0 Å². The fourth-order valence-corrected chi connectivity index (χ4v) is 2.88. The van der Waals surface area contributed by atoms with Gasteiger partial charge in [0.15, 0.2) is 0 Å². The van der Waals surface area contributed by atoms with Crippen LogP contribution in [-0.4, -0.2) is 22.9 Å². The number of nitrogens with one attached hydrogen (secondary N) is 1. The lowest BCUT2D eigenvalue weighted by Crippen LogP contribution is -2.20. The average Bonchev–Trinajstić information content (AvgIpc) is 3.04. The van der Waals surface area contributed by atoms with Crippen molar-refractivity contribution in [2.75, 3.05) is 13.2 Å². The highest BCUT2D eigenvalue weighted by Crippen LogP contribution is 2.32. The van der Waals surface area contributed by atoms with Crippen LogP contribution in [0.2, 0.25) is 0 Å². The summed E-state index contributed by atoms with van der Waals surface area (Å²) < 4.78 is 8.76. The van der Waals surface area contributed by atoms with Gasteiger partial charge in [-0.2, -0.15) is 5.10 Å². The van der Waals surface area contributed by atoms with Gasteiger partial charge < -0.3 is 10.1 Å². The van der Waals surface area contributed by atoms with Gasteiger partial charge in [0.1, 0.15) is 5.75 Å². The smallest absolute Gasteiger partial charge is 0.127 e. The molecule has 100 valence electrons. The molecule has 5 heteroatoms. The Morgan fingerprint density at radius 1 is 1.42 bits per heavy atom. The molecule has 0 atom stereocenters. The maximum atomic E-state index is 5.71. The van der Waals surface area contributed by atoms with Gasteiger partial charge in [0.25, 0.3) is 0 Å². The zero-order chi connectivity index (χ0) is 13.1. The second-order valence-electron chi connectivity index (χ2n) is 4.60. The van der Waals surface area contributed by atoms with Crippen LogP contribution in [0.3, 0.4) is 0 Å². The summed E-state index contributed by atoms with van der Waals surface area (Å²) in [6.45, 7) is 3.39. The number of ether oxygens (including phenoxy) is 1. The summed E-state index contributed by atoms with van der Waals surface area (Å²) in [4.78, 5) is 0. The first-order valence-corrected chi connectivity index (χ1v) is 7.24. The van der Waals surface area contributed by atoms with Crippen LogP contribution in [0.25, 0.3) is 0 Å². The maximum absolute atomic E-state index is 5.71. The highest BCUT2D eigenvalue weighted by atomic mass is 79.9. The van der Waals surface area contributed by atoms with E-state index in [9.17, 15) is 0 Å². The van der Waals surface area contributed by atoms with Crippen LogP contribution in [0.1, 0.15) is 11.1 Å². The fourth-order valence-electron chi connectivity index (χ4n) is 2.33. The first-order valence-electron chi connectivity index (χ1n) is 6.45. The van der Waals surface area contributed by atoms with Gasteiger partial charge in [-0.25, -0.2) is 0 Å².